The number of aliphatic imine (C=N–C) groups is 1. The Kier molecular flexibility index (Phi) is 7.99. The molecule has 0 aliphatic heterocycles. The number of carbonyl (C=O) groups excluding carboxylic acids is 1. The molecule has 0 bridgehead atoms. The summed E-state index contributed by atoms with van der Waals surface area (Å²) in [6, 6.07) is 7.73. The molecule has 0 radical (unpaired) electrons. The zero-order valence-electron chi connectivity index (χ0n) is 13.6. The number of guanidine groups is 1. The topological polar surface area (TPSA) is 80.0 Å². The van der Waals surface area contributed by atoms with Gasteiger partial charge in [0, 0.05) is 37.9 Å². The van der Waals surface area contributed by atoms with Crippen LogP contribution in [0.25, 0.3) is 0 Å². The third-order valence-electron chi connectivity index (χ3n) is 3.30. The van der Waals surface area contributed by atoms with E-state index in [1.165, 1.54) is 0 Å². The highest BCUT2D eigenvalue weighted by Gasteiger charge is 2.08. The molecule has 0 aliphatic carbocycles. The zero-order valence-corrected chi connectivity index (χ0v) is 13.6. The first-order valence-electron chi connectivity index (χ1n) is 7.53. The van der Waals surface area contributed by atoms with Gasteiger partial charge in [0.05, 0.1) is 13.2 Å². The van der Waals surface area contributed by atoms with Gasteiger partial charge in [-0.25, -0.2) is 0 Å². The van der Waals surface area contributed by atoms with Gasteiger partial charge in [0.25, 0.3) is 0 Å². The fourth-order valence-electron chi connectivity index (χ4n) is 2.11. The van der Waals surface area contributed by atoms with Gasteiger partial charge in [-0.3, -0.25) is 9.79 Å². The molecule has 1 aromatic rings. The summed E-state index contributed by atoms with van der Waals surface area (Å²) < 4.78 is 5.14. The van der Waals surface area contributed by atoms with Gasteiger partial charge in [-0.05, 0) is 19.9 Å². The first kappa shape index (κ1) is 18.0. The molecule has 1 rings (SSSR count). The molecule has 0 unspecified atom stereocenters. The van der Waals surface area contributed by atoms with Crippen molar-refractivity contribution in [1.29, 1.82) is 0 Å². The molecule has 22 heavy (non-hydrogen) atoms. The lowest BCUT2D eigenvalue weighted by Crippen LogP contribution is -2.31. The van der Waals surface area contributed by atoms with E-state index in [1.54, 1.807) is 12.0 Å². The van der Waals surface area contributed by atoms with Crippen LogP contribution in [0.2, 0.25) is 0 Å². The minimum atomic E-state index is 0.0985. The van der Waals surface area contributed by atoms with Gasteiger partial charge in [0.1, 0.15) is 0 Å². The van der Waals surface area contributed by atoms with Crippen LogP contribution < -0.4 is 11.1 Å². The van der Waals surface area contributed by atoms with Crippen molar-refractivity contribution in [1.82, 2.24) is 4.90 Å². The molecule has 1 amide bonds. The number of hydrogen-bond acceptors (Lipinski definition) is 3. The van der Waals surface area contributed by atoms with Crippen LogP contribution in [0.5, 0.6) is 0 Å². The van der Waals surface area contributed by atoms with Crippen LogP contribution in [0.15, 0.2) is 29.3 Å². The number of nitrogens with one attached hydrogen (secondary N) is 1. The normalized spacial score (nSPS) is 11.3. The van der Waals surface area contributed by atoms with Gasteiger partial charge < -0.3 is 20.7 Å². The number of anilines is 1. The molecular weight excluding hydrogens is 280 g/mol. The number of ether oxygens (including phenoxy) is 1. The van der Waals surface area contributed by atoms with Crippen LogP contribution in [-0.2, 0) is 16.1 Å². The average Bonchev–Trinajstić information content (AvgIpc) is 2.50. The molecule has 0 heterocycles. The number of rotatable bonds is 8. The maximum absolute atomic E-state index is 11.9. The van der Waals surface area contributed by atoms with Crippen LogP contribution in [0.3, 0.4) is 0 Å². The zero-order chi connectivity index (χ0) is 16.4. The third kappa shape index (κ3) is 5.73. The predicted octanol–water partition coefficient (Wildman–Crippen LogP) is 1.82. The Hall–Kier alpha value is -2.08. The van der Waals surface area contributed by atoms with E-state index >= 15 is 0 Å². The molecule has 0 saturated carbocycles. The molecule has 122 valence electrons. The third-order valence-corrected chi connectivity index (χ3v) is 3.30. The lowest BCUT2D eigenvalue weighted by molar-refractivity contribution is -0.130. The Morgan fingerprint density at radius 2 is 2.00 bits per heavy atom. The summed E-state index contributed by atoms with van der Waals surface area (Å²) in [7, 11) is 1.65. The summed E-state index contributed by atoms with van der Waals surface area (Å²) in [5.41, 5.74) is 7.74. The maximum Gasteiger partial charge on any atom is 0.224 e. The van der Waals surface area contributed by atoms with Crippen molar-refractivity contribution < 1.29 is 9.53 Å². The largest absolute Gasteiger partial charge is 0.380 e. The van der Waals surface area contributed by atoms with E-state index in [9.17, 15) is 4.79 Å². The van der Waals surface area contributed by atoms with E-state index in [4.69, 9.17) is 10.5 Å². The Morgan fingerprint density at radius 1 is 1.32 bits per heavy atom. The Balaban J connectivity index is 2.55. The second kappa shape index (κ2) is 9.78. The molecule has 3 N–H and O–H groups in total. The van der Waals surface area contributed by atoms with Crippen LogP contribution >= 0.6 is 0 Å². The van der Waals surface area contributed by atoms with Gasteiger partial charge >= 0.3 is 0 Å². The molecule has 0 aliphatic rings. The molecule has 0 fully saturated rings. The Labute approximate surface area is 132 Å². The maximum atomic E-state index is 11.9. The summed E-state index contributed by atoms with van der Waals surface area (Å²) in [6.07, 6.45) is 0.365. The number of para-hydroxylation sites is 1. The summed E-state index contributed by atoms with van der Waals surface area (Å²) in [6.45, 7) is 6.24. The minimum absolute atomic E-state index is 0.0985. The first-order valence-corrected chi connectivity index (χ1v) is 7.53. The molecule has 0 spiro atoms. The van der Waals surface area contributed by atoms with Crippen LogP contribution in [-0.4, -0.2) is 43.5 Å². The van der Waals surface area contributed by atoms with Gasteiger partial charge in [-0.2, -0.15) is 0 Å². The monoisotopic (exact) mass is 306 g/mol. The van der Waals surface area contributed by atoms with Crippen LogP contribution in [0.4, 0.5) is 5.69 Å². The highest BCUT2D eigenvalue weighted by atomic mass is 16.5. The second-order valence-corrected chi connectivity index (χ2v) is 4.80. The van der Waals surface area contributed by atoms with E-state index < -0.39 is 0 Å². The molecular formula is C16H26N4O2. The predicted molar refractivity (Wildman–Crippen MR) is 89.8 cm³/mol. The smallest absolute Gasteiger partial charge is 0.224 e. The SMILES string of the molecule is CCN(CC)C(=O)CCN=C(N)Nc1ccccc1COC. The van der Waals surface area contributed by atoms with Crippen LogP contribution in [0.1, 0.15) is 25.8 Å². The van der Waals surface area contributed by atoms with Crippen molar-refractivity contribution in [2.24, 2.45) is 10.7 Å². The molecule has 1 aromatic carbocycles. The molecule has 0 atom stereocenters. The van der Waals surface area contributed by atoms with Crippen molar-refractivity contribution in [3.63, 3.8) is 0 Å². The number of carbonyl (C=O) groups is 1. The minimum Gasteiger partial charge on any atom is -0.380 e. The fourth-order valence-corrected chi connectivity index (χ4v) is 2.11. The average molecular weight is 306 g/mol. The van der Waals surface area contributed by atoms with Crippen LogP contribution in [0, 0.1) is 0 Å². The lowest BCUT2D eigenvalue weighted by Gasteiger charge is -2.17. The molecule has 6 nitrogen and oxygen atoms in total. The first-order chi connectivity index (χ1) is 10.6. The summed E-state index contributed by atoms with van der Waals surface area (Å²) >= 11 is 0. The van der Waals surface area contributed by atoms with Crippen molar-refractivity contribution in [2.75, 3.05) is 32.1 Å². The number of nitrogens with two attached hydrogens (primary N) is 1. The number of amides is 1. The molecule has 6 heteroatoms. The number of methoxy groups -OCH3 is 1. The molecule has 0 saturated heterocycles. The highest BCUT2D eigenvalue weighted by Crippen LogP contribution is 2.15. The summed E-state index contributed by atoms with van der Waals surface area (Å²) in [4.78, 5) is 17.9. The van der Waals surface area contributed by atoms with E-state index in [1.807, 2.05) is 38.1 Å². The summed E-state index contributed by atoms with van der Waals surface area (Å²) in [5, 5.41) is 3.05. The van der Waals surface area contributed by atoms with Crippen molar-refractivity contribution in [2.45, 2.75) is 26.9 Å². The van der Waals surface area contributed by atoms with Crippen molar-refractivity contribution in [3.8, 4) is 0 Å². The van der Waals surface area contributed by atoms with Gasteiger partial charge in [0.15, 0.2) is 5.96 Å². The van der Waals surface area contributed by atoms with Gasteiger partial charge in [0.2, 0.25) is 5.91 Å². The van der Waals surface area contributed by atoms with Crippen molar-refractivity contribution in [3.05, 3.63) is 29.8 Å². The van der Waals surface area contributed by atoms with Gasteiger partial charge in [-0.15, -0.1) is 0 Å². The standard InChI is InChI=1S/C16H26N4O2/c1-4-20(5-2)15(21)10-11-18-16(17)19-14-9-7-6-8-13(14)12-22-3/h6-9H,4-5,10-12H2,1-3H3,(H3,17,18,19). The number of hydrogen-bond donors (Lipinski definition) is 2. The number of benzene rings is 1. The van der Waals surface area contributed by atoms with E-state index in [2.05, 4.69) is 10.3 Å². The Morgan fingerprint density at radius 3 is 2.64 bits per heavy atom. The lowest BCUT2D eigenvalue weighted by atomic mass is 10.2. The quantitative estimate of drug-likeness (QED) is 0.567. The summed E-state index contributed by atoms with van der Waals surface area (Å²) in [5.74, 6) is 0.400. The highest BCUT2D eigenvalue weighted by molar-refractivity contribution is 5.93. The fraction of sp³-hybridized carbons (Fsp3) is 0.500. The van der Waals surface area contributed by atoms with E-state index in [0.717, 1.165) is 24.3 Å². The number of nitrogens with zero attached hydrogens (tertiary/aromatic N) is 2. The Bertz CT molecular complexity index is 499. The van der Waals surface area contributed by atoms with E-state index in [0.29, 0.717) is 25.5 Å². The molecule has 0 aromatic heterocycles. The van der Waals surface area contributed by atoms with E-state index in [-0.39, 0.29) is 5.91 Å². The second-order valence-electron chi connectivity index (χ2n) is 4.80. The van der Waals surface area contributed by atoms with Gasteiger partial charge in [-0.1, -0.05) is 18.2 Å². The van der Waals surface area contributed by atoms with Crippen molar-refractivity contribution >= 4 is 17.6 Å².